The maximum absolute atomic E-state index is 13.3. The number of carbonyl (C=O) groups is 1. The molecule has 4 rings (SSSR count). The van der Waals surface area contributed by atoms with Crippen LogP contribution in [0.4, 0.5) is 5.13 Å². The van der Waals surface area contributed by atoms with E-state index in [0.29, 0.717) is 17.2 Å². The Balaban J connectivity index is 1.78. The lowest BCUT2D eigenvalue weighted by Gasteiger charge is -2.19. The van der Waals surface area contributed by atoms with Gasteiger partial charge in [-0.05, 0) is 71.0 Å². The molecule has 0 saturated heterocycles. The number of halogens is 1. The summed E-state index contributed by atoms with van der Waals surface area (Å²) >= 11 is 3.73. The van der Waals surface area contributed by atoms with Crippen LogP contribution in [-0.4, -0.2) is 10.9 Å². The van der Waals surface area contributed by atoms with E-state index in [1.807, 2.05) is 42.5 Å². The third-order valence-corrected chi connectivity index (χ3v) is 6.31. The maximum atomic E-state index is 13.3. The average Bonchev–Trinajstić information content (AvgIpc) is 3.34. The molecule has 6 heteroatoms. The van der Waals surface area contributed by atoms with Crippen molar-refractivity contribution >= 4 is 55.2 Å². The fourth-order valence-corrected chi connectivity index (χ4v) is 4.50. The smallest absolute Gasteiger partial charge is 0.261 e. The van der Waals surface area contributed by atoms with Crippen molar-refractivity contribution in [2.45, 2.75) is 19.9 Å². The van der Waals surface area contributed by atoms with Gasteiger partial charge < -0.3 is 4.42 Å². The van der Waals surface area contributed by atoms with Gasteiger partial charge in [0.2, 0.25) is 0 Å². The first kappa shape index (κ1) is 18.2. The lowest BCUT2D eigenvalue weighted by molar-refractivity contribution is 0.0982. The number of hydrogen-bond acceptors (Lipinski definition) is 4. The number of thiazole rings is 1. The Morgan fingerprint density at radius 3 is 2.78 bits per heavy atom. The number of amides is 1. The van der Waals surface area contributed by atoms with Crippen molar-refractivity contribution in [2.75, 3.05) is 4.90 Å². The zero-order chi connectivity index (χ0) is 18.8. The summed E-state index contributed by atoms with van der Waals surface area (Å²) in [5.41, 5.74) is 2.84. The van der Waals surface area contributed by atoms with Crippen LogP contribution < -0.4 is 4.90 Å². The Morgan fingerprint density at radius 1 is 1.19 bits per heavy atom. The number of fused-ring (bicyclic) bond motifs is 1. The largest absolute Gasteiger partial charge is 0.467 e. The molecule has 2 aromatic carbocycles. The number of furan rings is 1. The summed E-state index contributed by atoms with van der Waals surface area (Å²) in [5, 5.41) is 0.680. The normalized spacial score (nSPS) is 11.0. The Morgan fingerprint density at radius 2 is 2.04 bits per heavy atom. The summed E-state index contributed by atoms with van der Waals surface area (Å²) in [6, 6.07) is 17.6. The van der Waals surface area contributed by atoms with Crippen molar-refractivity contribution in [3.05, 3.63) is 81.3 Å². The molecule has 2 heterocycles. The molecular weight excluding hydrogens is 471 g/mol. The lowest BCUT2D eigenvalue weighted by atomic mass is 10.2. The SMILES string of the molecule is CCc1ccc2nc(N(Cc3ccco3)C(=O)c3ccccc3I)sc2c1. The van der Waals surface area contributed by atoms with Crippen molar-refractivity contribution in [3.63, 3.8) is 0 Å². The van der Waals surface area contributed by atoms with Gasteiger partial charge in [0.25, 0.3) is 5.91 Å². The highest BCUT2D eigenvalue weighted by Crippen LogP contribution is 2.32. The molecule has 136 valence electrons. The highest BCUT2D eigenvalue weighted by atomic mass is 127. The molecule has 0 atom stereocenters. The first-order valence-electron chi connectivity index (χ1n) is 8.64. The zero-order valence-electron chi connectivity index (χ0n) is 14.7. The van der Waals surface area contributed by atoms with E-state index in [2.05, 4.69) is 41.6 Å². The van der Waals surface area contributed by atoms with Crippen molar-refractivity contribution in [2.24, 2.45) is 0 Å². The highest BCUT2D eigenvalue weighted by Gasteiger charge is 2.24. The first-order valence-corrected chi connectivity index (χ1v) is 10.5. The van der Waals surface area contributed by atoms with Crippen LogP contribution in [-0.2, 0) is 13.0 Å². The van der Waals surface area contributed by atoms with Crippen molar-refractivity contribution in [3.8, 4) is 0 Å². The predicted molar refractivity (Wildman–Crippen MR) is 117 cm³/mol. The molecule has 0 saturated carbocycles. The van der Waals surface area contributed by atoms with Crippen LogP contribution in [0.5, 0.6) is 0 Å². The summed E-state index contributed by atoms with van der Waals surface area (Å²) in [6.45, 7) is 2.48. The monoisotopic (exact) mass is 488 g/mol. The van der Waals surface area contributed by atoms with Gasteiger partial charge in [0.1, 0.15) is 5.76 Å². The number of nitrogens with zero attached hydrogens (tertiary/aromatic N) is 2. The summed E-state index contributed by atoms with van der Waals surface area (Å²) in [5.74, 6) is 0.647. The number of carbonyl (C=O) groups excluding carboxylic acids is 1. The third-order valence-electron chi connectivity index (χ3n) is 4.32. The molecule has 0 spiro atoms. The molecule has 0 aliphatic carbocycles. The molecule has 0 unspecified atom stereocenters. The summed E-state index contributed by atoms with van der Waals surface area (Å²) in [4.78, 5) is 19.8. The van der Waals surface area contributed by atoms with E-state index in [-0.39, 0.29) is 5.91 Å². The summed E-state index contributed by atoms with van der Waals surface area (Å²) in [6.07, 6.45) is 2.59. The fourth-order valence-electron chi connectivity index (χ4n) is 2.86. The molecule has 27 heavy (non-hydrogen) atoms. The Labute approximate surface area is 175 Å². The van der Waals surface area contributed by atoms with Crippen LogP contribution >= 0.6 is 33.9 Å². The minimum Gasteiger partial charge on any atom is -0.467 e. The van der Waals surface area contributed by atoms with Crippen molar-refractivity contribution < 1.29 is 9.21 Å². The van der Waals surface area contributed by atoms with E-state index in [1.165, 1.54) is 16.9 Å². The molecular formula is C21H17IN2O2S. The van der Waals surface area contributed by atoms with Crippen LogP contribution in [0.15, 0.2) is 65.3 Å². The Hall–Kier alpha value is -2.19. The van der Waals surface area contributed by atoms with Crippen LogP contribution in [0.3, 0.4) is 0 Å². The van der Waals surface area contributed by atoms with Crippen LogP contribution in [0.2, 0.25) is 0 Å². The number of hydrogen-bond donors (Lipinski definition) is 0. The van der Waals surface area contributed by atoms with Gasteiger partial charge in [-0.3, -0.25) is 9.69 Å². The topological polar surface area (TPSA) is 46.3 Å². The van der Waals surface area contributed by atoms with Gasteiger partial charge in [0, 0.05) is 3.57 Å². The molecule has 0 bridgehead atoms. The van der Waals surface area contributed by atoms with Gasteiger partial charge in [-0.2, -0.15) is 0 Å². The third kappa shape index (κ3) is 3.77. The molecule has 0 radical (unpaired) electrons. The van der Waals surface area contributed by atoms with Gasteiger partial charge in [-0.1, -0.05) is 36.5 Å². The van der Waals surface area contributed by atoms with Crippen molar-refractivity contribution in [1.29, 1.82) is 0 Å². The second-order valence-corrected chi connectivity index (χ2v) is 8.27. The standard InChI is InChI=1S/C21H17IN2O2S/c1-2-14-9-10-18-19(12-14)27-21(23-18)24(13-15-6-5-11-26-15)20(25)16-7-3-4-8-17(16)22/h3-12H,2,13H2,1H3. The van der Waals surface area contributed by atoms with E-state index in [0.717, 1.165) is 26.0 Å². The number of aryl methyl sites for hydroxylation is 1. The van der Waals surface area contributed by atoms with Gasteiger partial charge in [0.15, 0.2) is 5.13 Å². The Bertz CT molecular complexity index is 1090. The summed E-state index contributed by atoms with van der Waals surface area (Å²) < 4.78 is 7.50. The molecule has 0 aliphatic heterocycles. The van der Waals surface area contributed by atoms with Gasteiger partial charge >= 0.3 is 0 Å². The van der Waals surface area contributed by atoms with E-state index in [1.54, 1.807) is 11.2 Å². The van der Waals surface area contributed by atoms with Crippen LogP contribution in [0.1, 0.15) is 28.6 Å². The molecule has 0 aliphatic rings. The number of aromatic nitrogens is 1. The molecule has 0 fully saturated rings. The highest BCUT2D eigenvalue weighted by molar-refractivity contribution is 14.1. The van der Waals surface area contributed by atoms with Crippen LogP contribution in [0, 0.1) is 3.57 Å². The van der Waals surface area contributed by atoms with Gasteiger partial charge in [-0.15, -0.1) is 0 Å². The maximum Gasteiger partial charge on any atom is 0.261 e. The van der Waals surface area contributed by atoms with Crippen molar-refractivity contribution in [1.82, 2.24) is 4.98 Å². The van der Waals surface area contributed by atoms with E-state index < -0.39 is 0 Å². The van der Waals surface area contributed by atoms with Gasteiger partial charge in [0.05, 0.1) is 28.6 Å². The minimum absolute atomic E-state index is 0.0776. The average molecular weight is 488 g/mol. The molecule has 1 amide bonds. The number of rotatable bonds is 5. The Kier molecular flexibility index (Phi) is 5.27. The zero-order valence-corrected chi connectivity index (χ0v) is 17.7. The summed E-state index contributed by atoms with van der Waals surface area (Å²) in [7, 11) is 0. The second kappa shape index (κ2) is 7.82. The number of benzene rings is 2. The molecule has 0 N–H and O–H groups in total. The molecule has 4 aromatic rings. The van der Waals surface area contributed by atoms with E-state index in [4.69, 9.17) is 9.40 Å². The minimum atomic E-state index is -0.0776. The molecule has 4 nitrogen and oxygen atoms in total. The number of anilines is 1. The molecule has 2 aromatic heterocycles. The predicted octanol–water partition coefficient (Wildman–Crippen LogP) is 5.90. The van der Waals surface area contributed by atoms with E-state index >= 15 is 0 Å². The lowest BCUT2D eigenvalue weighted by Crippen LogP contribution is -2.30. The first-order chi connectivity index (χ1) is 13.2. The second-order valence-electron chi connectivity index (χ2n) is 6.10. The van der Waals surface area contributed by atoms with Crippen LogP contribution in [0.25, 0.3) is 10.2 Å². The quantitative estimate of drug-likeness (QED) is 0.329. The van der Waals surface area contributed by atoms with Gasteiger partial charge in [-0.25, -0.2) is 4.98 Å². The fraction of sp³-hybridized carbons (Fsp3) is 0.143. The van der Waals surface area contributed by atoms with E-state index in [9.17, 15) is 4.79 Å².